The maximum absolute atomic E-state index is 13.1. The van der Waals surface area contributed by atoms with E-state index in [1.807, 2.05) is 43.0 Å². The quantitative estimate of drug-likeness (QED) is 0.858. The van der Waals surface area contributed by atoms with Gasteiger partial charge in [-0.3, -0.25) is 4.79 Å². The second kappa shape index (κ2) is 6.50. The Morgan fingerprint density at radius 3 is 2.96 bits per heavy atom. The number of carbonyl (C=O) groups excluding carboxylic acids is 1. The fraction of sp³-hybridized carbons (Fsp3) is 0.526. The summed E-state index contributed by atoms with van der Waals surface area (Å²) in [6.45, 7) is 5.22. The summed E-state index contributed by atoms with van der Waals surface area (Å²) in [5, 5.41) is 4.12. The summed E-state index contributed by atoms with van der Waals surface area (Å²) in [5.41, 5.74) is 1.10. The number of nitrogens with zero attached hydrogens (tertiary/aromatic N) is 3. The van der Waals surface area contributed by atoms with Gasteiger partial charge in [-0.2, -0.15) is 4.98 Å². The van der Waals surface area contributed by atoms with Gasteiger partial charge in [-0.1, -0.05) is 37.2 Å². The van der Waals surface area contributed by atoms with Crippen LogP contribution in [-0.2, 0) is 11.2 Å². The zero-order chi connectivity index (χ0) is 17.4. The van der Waals surface area contributed by atoms with Crippen LogP contribution in [0.3, 0.4) is 0 Å². The Balaban J connectivity index is 1.51. The minimum Gasteiger partial charge on any atom is -0.492 e. The van der Waals surface area contributed by atoms with Gasteiger partial charge in [-0.15, -0.1) is 0 Å². The Bertz CT molecular complexity index is 771. The van der Waals surface area contributed by atoms with Crippen molar-refractivity contribution in [2.75, 3.05) is 13.2 Å². The molecule has 1 amide bonds. The molecule has 2 aromatic rings. The molecule has 2 aliphatic heterocycles. The molecule has 1 aromatic heterocycles. The Hall–Kier alpha value is -2.37. The molecule has 0 bridgehead atoms. The number of hydrogen-bond donors (Lipinski definition) is 0. The first-order chi connectivity index (χ1) is 12.1. The highest BCUT2D eigenvalue weighted by Crippen LogP contribution is 2.34. The molecule has 2 aliphatic rings. The highest BCUT2D eigenvalue weighted by Gasteiger charge is 2.38. The fourth-order valence-corrected chi connectivity index (χ4v) is 3.64. The lowest BCUT2D eigenvalue weighted by molar-refractivity contribution is -0.138. The van der Waals surface area contributed by atoms with Gasteiger partial charge in [0.05, 0.1) is 12.0 Å². The summed E-state index contributed by atoms with van der Waals surface area (Å²) in [5.74, 6) is 2.33. The van der Waals surface area contributed by atoms with E-state index in [0.29, 0.717) is 18.3 Å². The Morgan fingerprint density at radius 1 is 1.32 bits per heavy atom. The lowest BCUT2D eigenvalue weighted by Crippen LogP contribution is -2.40. The molecular formula is C19H23N3O3. The smallest absolute Gasteiger partial charge is 0.230 e. The van der Waals surface area contributed by atoms with Gasteiger partial charge < -0.3 is 14.2 Å². The molecule has 0 radical (unpaired) electrons. The summed E-state index contributed by atoms with van der Waals surface area (Å²) in [6, 6.07) is 7.85. The Morgan fingerprint density at radius 2 is 2.16 bits per heavy atom. The molecule has 0 saturated carbocycles. The number of fused-ring (bicyclic) bond motifs is 1. The van der Waals surface area contributed by atoms with Crippen LogP contribution in [0.15, 0.2) is 28.8 Å². The van der Waals surface area contributed by atoms with Crippen LogP contribution in [0.5, 0.6) is 5.75 Å². The van der Waals surface area contributed by atoms with Crippen LogP contribution in [0.1, 0.15) is 55.9 Å². The number of rotatable bonds is 3. The Kier molecular flexibility index (Phi) is 4.19. The third kappa shape index (κ3) is 3.01. The van der Waals surface area contributed by atoms with Gasteiger partial charge in [0.1, 0.15) is 12.4 Å². The molecule has 0 spiro atoms. The summed E-state index contributed by atoms with van der Waals surface area (Å²) in [7, 11) is 0. The fourth-order valence-electron chi connectivity index (χ4n) is 3.64. The molecule has 0 unspecified atom stereocenters. The number of likely N-dealkylation sites (tertiary alicyclic amines) is 1. The van der Waals surface area contributed by atoms with Crippen LogP contribution >= 0.6 is 0 Å². The number of carbonyl (C=O) groups is 1. The molecule has 4 rings (SSSR count). The third-order valence-corrected chi connectivity index (χ3v) is 5.01. The minimum absolute atomic E-state index is 0.0825. The molecule has 1 saturated heterocycles. The minimum atomic E-state index is -0.146. The first-order valence-electron chi connectivity index (χ1n) is 8.98. The maximum atomic E-state index is 13.1. The highest BCUT2D eigenvalue weighted by molar-refractivity contribution is 5.80. The van der Waals surface area contributed by atoms with Gasteiger partial charge in [0, 0.05) is 12.5 Å². The maximum Gasteiger partial charge on any atom is 0.230 e. The van der Waals surface area contributed by atoms with E-state index < -0.39 is 0 Å². The molecule has 3 heterocycles. The lowest BCUT2D eigenvalue weighted by Gasteiger charge is -2.30. The summed E-state index contributed by atoms with van der Waals surface area (Å²) < 4.78 is 11.1. The molecule has 1 fully saturated rings. The predicted molar refractivity (Wildman–Crippen MR) is 91.2 cm³/mol. The van der Waals surface area contributed by atoms with Crippen LogP contribution in [0.25, 0.3) is 0 Å². The van der Waals surface area contributed by atoms with Crippen LogP contribution in [0, 0.1) is 5.92 Å². The van der Waals surface area contributed by atoms with E-state index in [4.69, 9.17) is 9.26 Å². The summed E-state index contributed by atoms with van der Waals surface area (Å²) in [6.07, 6.45) is 2.57. The first kappa shape index (κ1) is 16.1. The predicted octanol–water partition coefficient (Wildman–Crippen LogP) is 3.11. The molecule has 0 aliphatic carbocycles. The Labute approximate surface area is 147 Å². The van der Waals surface area contributed by atoms with Crippen LogP contribution < -0.4 is 4.74 Å². The van der Waals surface area contributed by atoms with Crippen molar-refractivity contribution in [3.05, 3.63) is 41.5 Å². The van der Waals surface area contributed by atoms with E-state index in [2.05, 4.69) is 10.1 Å². The van der Waals surface area contributed by atoms with E-state index in [9.17, 15) is 4.79 Å². The molecule has 25 heavy (non-hydrogen) atoms. The number of benzene rings is 1. The topological polar surface area (TPSA) is 68.5 Å². The van der Waals surface area contributed by atoms with Crippen molar-refractivity contribution in [1.29, 1.82) is 0 Å². The summed E-state index contributed by atoms with van der Waals surface area (Å²) >= 11 is 0. The average Bonchev–Trinajstić information content (AvgIpc) is 3.29. The number of ether oxygens (including phenoxy) is 1. The molecule has 6 nitrogen and oxygen atoms in total. The van der Waals surface area contributed by atoms with Gasteiger partial charge in [0.25, 0.3) is 0 Å². The van der Waals surface area contributed by atoms with Crippen molar-refractivity contribution < 1.29 is 14.1 Å². The van der Waals surface area contributed by atoms with Crippen molar-refractivity contribution in [2.24, 2.45) is 5.92 Å². The standard InChI is InChI=1S/C19H23N3O3/c1-12(2)18-20-17(21-25-18)15-7-5-9-22(15)19(23)14-10-13-6-3-4-8-16(13)24-11-14/h3-4,6,8,12,14-15H,5,7,9-11H2,1-2H3/t14-,15+/m0/s1. The summed E-state index contributed by atoms with van der Waals surface area (Å²) in [4.78, 5) is 19.5. The van der Waals surface area contributed by atoms with Gasteiger partial charge in [-0.25, -0.2) is 0 Å². The molecule has 1 aromatic carbocycles. The zero-order valence-corrected chi connectivity index (χ0v) is 14.6. The normalized spacial score (nSPS) is 22.8. The molecule has 132 valence electrons. The molecular weight excluding hydrogens is 318 g/mol. The SMILES string of the molecule is CC(C)c1nc([C@H]2CCCN2C(=O)[C@@H]2COc3ccccc3C2)no1. The second-order valence-electron chi connectivity index (χ2n) is 7.15. The average molecular weight is 341 g/mol. The van der Waals surface area contributed by atoms with Crippen molar-refractivity contribution in [1.82, 2.24) is 15.0 Å². The number of amides is 1. The van der Waals surface area contributed by atoms with E-state index in [1.54, 1.807) is 0 Å². The number of hydrogen-bond acceptors (Lipinski definition) is 5. The molecule has 6 heteroatoms. The van der Waals surface area contributed by atoms with Gasteiger partial charge >= 0.3 is 0 Å². The lowest BCUT2D eigenvalue weighted by atomic mass is 9.95. The molecule has 0 N–H and O–H groups in total. The van der Waals surface area contributed by atoms with E-state index in [0.717, 1.165) is 37.1 Å². The monoisotopic (exact) mass is 341 g/mol. The largest absolute Gasteiger partial charge is 0.492 e. The van der Waals surface area contributed by atoms with E-state index in [1.165, 1.54) is 0 Å². The van der Waals surface area contributed by atoms with Crippen molar-refractivity contribution in [2.45, 2.75) is 45.1 Å². The number of para-hydroxylation sites is 1. The second-order valence-corrected chi connectivity index (χ2v) is 7.15. The highest BCUT2D eigenvalue weighted by atomic mass is 16.5. The van der Waals surface area contributed by atoms with Gasteiger partial charge in [0.2, 0.25) is 11.8 Å². The van der Waals surface area contributed by atoms with Crippen molar-refractivity contribution >= 4 is 5.91 Å². The van der Waals surface area contributed by atoms with Gasteiger partial charge in [-0.05, 0) is 30.9 Å². The van der Waals surface area contributed by atoms with Crippen LogP contribution in [-0.4, -0.2) is 34.1 Å². The van der Waals surface area contributed by atoms with Crippen molar-refractivity contribution in [3.8, 4) is 5.75 Å². The first-order valence-corrected chi connectivity index (χ1v) is 8.98. The van der Waals surface area contributed by atoms with Crippen LogP contribution in [0.4, 0.5) is 0 Å². The van der Waals surface area contributed by atoms with Crippen LogP contribution in [0.2, 0.25) is 0 Å². The van der Waals surface area contributed by atoms with Gasteiger partial charge in [0.15, 0.2) is 5.82 Å². The van der Waals surface area contributed by atoms with Crippen molar-refractivity contribution in [3.63, 3.8) is 0 Å². The number of aromatic nitrogens is 2. The third-order valence-electron chi connectivity index (χ3n) is 5.01. The van der Waals surface area contributed by atoms with E-state index in [-0.39, 0.29) is 23.8 Å². The molecule has 2 atom stereocenters. The zero-order valence-electron chi connectivity index (χ0n) is 14.6. The van der Waals surface area contributed by atoms with E-state index >= 15 is 0 Å².